The Morgan fingerprint density at radius 1 is 1.06 bits per heavy atom. The SMILES string of the molecule is Cc1cc2cnc(Nc3cnn(C4CC4)c3Cl)nc2cc1C1CCN(C2COC2)CC1. The van der Waals surface area contributed by atoms with Crippen molar-refractivity contribution in [1.29, 1.82) is 0 Å². The van der Waals surface area contributed by atoms with Crippen molar-refractivity contribution in [3.63, 3.8) is 0 Å². The average Bonchev–Trinajstić information content (AvgIpc) is 3.51. The van der Waals surface area contributed by atoms with E-state index in [1.54, 1.807) is 6.20 Å². The molecule has 8 heteroatoms. The molecule has 2 aromatic heterocycles. The molecule has 3 aliphatic rings. The van der Waals surface area contributed by atoms with Gasteiger partial charge >= 0.3 is 0 Å². The fourth-order valence-corrected chi connectivity index (χ4v) is 5.12. The van der Waals surface area contributed by atoms with Crippen LogP contribution in [0.4, 0.5) is 11.6 Å². The summed E-state index contributed by atoms with van der Waals surface area (Å²) < 4.78 is 7.25. The Labute approximate surface area is 186 Å². The zero-order valence-corrected chi connectivity index (χ0v) is 18.5. The molecule has 1 aromatic carbocycles. The lowest BCUT2D eigenvalue weighted by Gasteiger charge is -2.41. The fourth-order valence-electron chi connectivity index (χ4n) is 4.84. The maximum absolute atomic E-state index is 6.49. The van der Waals surface area contributed by atoms with E-state index in [1.807, 2.05) is 10.9 Å². The molecule has 6 rings (SSSR count). The second-order valence-electron chi connectivity index (χ2n) is 9.11. The zero-order valence-electron chi connectivity index (χ0n) is 17.7. The summed E-state index contributed by atoms with van der Waals surface area (Å²) in [5.74, 6) is 1.14. The summed E-state index contributed by atoms with van der Waals surface area (Å²) in [4.78, 5) is 11.9. The number of nitrogens with zero attached hydrogens (tertiary/aromatic N) is 5. The van der Waals surface area contributed by atoms with Crippen molar-refractivity contribution < 1.29 is 4.74 Å². The Balaban J connectivity index is 1.23. The topological polar surface area (TPSA) is 68.1 Å². The van der Waals surface area contributed by atoms with E-state index in [4.69, 9.17) is 21.3 Å². The molecule has 1 N–H and O–H groups in total. The van der Waals surface area contributed by atoms with E-state index in [1.165, 1.54) is 24.0 Å². The quantitative estimate of drug-likeness (QED) is 0.635. The van der Waals surface area contributed by atoms with Crippen LogP contribution in [0.2, 0.25) is 5.15 Å². The number of rotatable bonds is 5. The Kier molecular flexibility index (Phi) is 4.85. The first-order chi connectivity index (χ1) is 15.2. The van der Waals surface area contributed by atoms with Crippen LogP contribution in [0, 0.1) is 6.92 Å². The molecule has 3 fully saturated rings. The normalized spacial score (nSPS) is 20.8. The van der Waals surface area contributed by atoms with E-state index in [0.717, 1.165) is 55.7 Å². The summed E-state index contributed by atoms with van der Waals surface area (Å²) in [6.07, 6.45) is 8.31. The predicted molar refractivity (Wildman–Crippen MR) is 121 cm³/mol. The summed E-state index contributed by atoms with van der Waals surface area (Å²) in [6, 6.07) is 5.56. The molecule has 0 bridgehead atoms. The van der Waals surface area contributed by atoms with E-state index >= 15 is 0 Å². The van der Waals surface area contributed by atoms with Crippen molar-refractivity contribution in [2.24, 2.45) is 0 Å². The van der Waals surface area contributed by atoms with Gasteiger partial charge in [0.05, 0.1) is 42.7 Å². The Bertz CT molecular complexity index is 1110. The zero-order chi connectivity index (χ0) is 20.9. The lowest BCUT2D eigenvalue weighted by Crippen LogP contribution is -2.51. The van der Waals surface area contributed by atoms with Gasteiger partial charge < -0.3 is 10.1 Å². The third-order valence-corrected chi connectivity index (χ3v) is 7.32. The monoisotopic (exact) mass is 438 g/mol. The molecule has 1 saturated carbocycles. The number of likely N-dealkylation sites (tertiary alicyclic amines) is 1. The van der Waals surface area contributed by atoms with Crippen molar-refractivity contribution in [1.82, 2.24) is 24.6 Å². The molecule has 0 unspecified atom stereocenters. The highest BCUT2D eigenvalue weighted by Gasteiger charge is 2.31. The van der Waals surface area contributed by atoms with E-state index < -0.39 is 0 Å². The first-order valence-electron chi connectivity index (χ1n) is 11.2. The van der Waals surface area contributed by atoms with E-state index in [2.05, 4.69) is 39.4 Å². The van der Waals surface area contributed by atoms with Gasteiger partial charge in [0.15, 0.2) is 5.15 Å². The summed E-state index contributed by atoms with van der Waals surface area (Å²) in [5.41, 5.74) is 4.48. The molecule has 31 heavy (non-hydrogen) atoms. The van der Waals surface area contributed by atoms with Gasteiger partial charge in [-0.2, -0.15) is 5.10 Å². The van der Waals surface area contributed by atoms with Crippen molar-refractivity contribution in [2.45, 2.75) is 50.6 Å². The number of fused-ring (bicyclic) bond motifs is 1. The summed E-state index contributed by atoms with van der Waals surface area (Å²) >= 11 is 6.49. The number of hydrogen-bond donors (Lipinski definition) is 1. The number of hydrogen-bond acceptors (Lipinski definition) is 6. The second-order valence-corrected chi connectivity index (χ2v) is 9.47. The van der Waals surface area contributed by atoms with Gasteiger partial charge in [0.2, 0.25) is 5.95 Å². The molecule has 0 spiro atoms. The molecular formula is C23H27ClN6O. The largest absolute Gasteiger partial charge is 0.378 e. The third kappa shape index (κ3) is 3.69. The van der Waals surface area contributed by atoms with Crippen LogP contribution in [-0.4, -0.2) is 57.0 Å². The first-order valence-corrected chi connectivity index (χ1v) is 11.6. The molecule has 2 saturated heterocycles. The van der Waals surface area contributed by atoms with Gasteiger partial charge in [-0.15, -0.1) is 0 Å². The van der Waals surface area contributed by atoms with Crippen molar-refractivity contribution in [2.75, 3.05) is 31.6 Å². The van der Waals surface area contributed by atoms with Crippen LogP contribution in [0.3, 0.4) is 0 Å². The number of anilines is 2. The van der Waals surface area contributed by atoms with Crippen LogP contribution < -0.4 is 5.32 Å². The van der Waals surface area contributed by atoms with Gasteiger partial charge in [0.25, 0.3) is 0 Å². The molecule has 3 aromatic rings. The minimum Gasteiger partial charge on any atom is -0.378 e. The highest BCUT2D eigenvalue weighted by Crippen LogP contribution is 2.39. The lowest BCUT2D eigenvalue weighted by molar-refractivity contribution is -0.0712. The van der Waals surface area contributed by atoms with Gasteiger partial charge in [-0.05, 0) is 74.9 Å². The standard InChI is InChI=1S/C23H27ClN6O/c1-14-8-16-10-25-23(28-21-11-26-30(22(21)24)17-2-3-17)27-20(16)9-19(14)15-4-6-29(7-5-15)18-12-31-13-18/h8-11,15,17-18H,2-7,12-13H2,1H3,(H,25,27,28). The van der Waals surface area contributed by atoms with Gasteiger partial charge in [-0.3, -0.25) is 4.90 Å². The Hall–Kier alpha value is -2.22. The smallest absolute Gasteiger partial charge is 0.227 e. The molecule has 4 heterocycles. The maximum atomic E-state index is 6.49. The first kappa shape index (κ1) is 19.5. The Morgan fingerprint density at radius 3 is 2.58 bits per heavy atom. The molecule has 0 radical (unpaired) electrons. The molecule has 7 nitrogen and oxygen atoms in total. The van der Waals surface area contributed by atoms with Crippen LogP contribution in [0.1, 0.15) is 48.8 Å². The lowest BCUT2D eigenvalue weighted by atomic mass is 9.85. The minimum absolute atomic E-state index is 0.439. The highest BCUT2D eigenvalue weighted by molar-refractivity contribution is 6.32. The highest BCUT2D eigenvalue weighted by atomic mass is 35.5. The van der Waals surface area contributed by atoms with Gasteiger partial charge in [0.1, 0.15) is 0 Å². The number of aryl methyl sites for hydroxylation is 1. The summed E-state index contributed by atoms with van der Waals surface area (Å²) in [5, 5.41) is 9.35. The number of piperidine rings is 1. The van der Waals surface area contributed by atoms with E-state index in [9.17, 15) is 0 Å². The number of aromatic nitrogens is 4. The fraction of sp³-hybridized carbons (Fsp3) is 0.522. The summed E-state index contributed by atoms with van der Waals surface area (Å²) in [7, 11) is 0. The molecule has 0 amide bonds. The summed E-state index contributed by atoms with van der Waals surface area (Å²) in [6.45, 7) is 6.30. The van der Waals surface area contributed by atoms with Crippen LogP contribution in [0.25, 0.3) is 10.9 Å². The van der Waals surface area contributed by atoms with E-state index in [-0.39, 0.29) is 0 Å². The molecule has 162 valence electrons. The van der Waals surface area contributed by atoms with Crippen LogP contribution >= 0.6 is 11.6 Å². The second kappa shape index (κ2) is 7.73. The van der Waals surface area contributed by atoms with Gasteiger partial charge in [-0.1, -0.05) is 11.6 Å². The number of benzene rings is 1. The molecule has 2 aliphatic heterocycles. The maximum Gasteiger partial charge on any atom is 0.227 e. The van der Waals surface area contributed by atoms with Gasteiger partial charge in [0, 0.05) is 11.6 Å². The van der Waals surface area contributed by atoms with Crippen molar-refractivity contribution in [3.8, 4) is 0 Å². The van der Waals surface area contributed by atoms with Crippen LogP contribution in [-0.2, 0) is 4.74 Å². The number of nitrogens with one attached hydrogen (secondary N) is 1. The van der Waals surface area contributed by atoms with Crippen molar-refractivity contribution in [3.05, 3.63) is 40.8 Å². The minimum atomic E-state index is 0.439. The Morgan fingerprint density at radius 2 is 1.87 bits per heavy atom. The average molecular weight is 439 g/mol. The number of halogens is 1. The van der Waals surface area contributed by atoms with Gasteiger partial charge in [-0.25, -0.2) is 14.6 Å². The molecular weight excluding hydrogens is 412 g/mol. The molecule has 1 aliphatic carbocycles. The van der Waals surface area contributed by atoms with Crippen LogP contribution in [0.5, 0.6) is 0 Å². The van der Waals surface area contributed by atoms with Crippen molar-refractivity contribution >= 4 is 34.1 Å². The predicted octanol–water partition coefficient (Wildman–Crippen LogP) is 4.44. The number of ether oxygens (including phenoxy) is 1. The van der Waals surface area contributed by atoms with Crippen LogP contribution in [0.15, 0.2) is 24.5 Å². The molecule has 0 atom stereocenters. The van der Waals surface area contributed by atoms with E-state index in [0.29, 0.717) is 29.1 Å². The third-order valence-electron chi connectivity index (χ3n) is 6.95.